The van der Waals surface area contributed by atoms with Gasteiger partial charge in [-0.1, -0.05) is 18.2 Å². The summed E-state index contributed by atoms with van der Waals surface area (Å²) in [6.45, 7) is 4.70. The molecule has 0 spiro atoms. The lowest BCUT2D eigenvalue weighted by Crippen LogP contribution is -1.96. The molecule has 0 saturated heterocycles. The standard InChI is InChI=1S/C12H14N2O/c1-3-15-11-8-13-14(9-11)12-7-5-4-6-10(12)2/h4-9H,3H2,1-2H3. The number of nitrogens with zero attached hydrogens (tertiary/aromatic N) is 2. The van der Waals surface area contributed by atoms with E-state index in [9.17, 15) is 0 Å². The van der Waals surface area contributed by atoms with Crippen LogP contribution < -0.4 is 4.74 Å². The summed E-state index contributed by atoms with van der Waals surface area (Å²) in [4.78, 5) is 0. The summed E-state index contributed by atoms with van der Waals surface area (Å²) >= 11 is 0. The number of hydrogen-bond donors (Lipinski definition) is 0. The first-order chi connectivity index (χ1) is 7.31. The lowest BCUT2D eigenvalue weighted by atomic mass is 10.2. The smallest absolute Gasteiger partial charge is 0.157 e. The van der Waals surface area contributed by atoms with Gasteiger partial charge >= 0.3 is 0 Å². The van der Waals surface area contributed by atoms with E-state index in [1.165, 1.54) is 5.56 Å². The Labute approximate surface area is 89.3 Å². The summed E-state index contributed by atoms with van der Waals surface area (Å²) < 4.78 is 7.20. The van der Waals surface area contributed by atoms with Crippen LogP contribution in [-0.2, 0) is 0 Å². The van der Waals surface area contributed by atoms with E-state index in [1.54, 1.807) is 6.20 Å². The van der Waals surface area contributed by atoms with Crippen LogP contribution in [0.3, 0.4) is 0 Å². The molecule has 0 fully saturated rings. The molecular formula is C12H14N2O. The minimum Gasteiger partial charge on any atom is -0.491 e. The third-order valence-electron chi connectivity index (χ3n) is 2.23. The van der Waals surface area contributed by atoms with Crippen molar-refractivity contribution in [3.05, 3.63) is 42.2 Å². The highest BCUT2D eigenvalue weighted by atomic mass is 16.5. The van der Waals surface area contributed by atoms with Gasteiger partial charge in [-0.3, -0.25) is 0 Å². The molecule has 3 heteroatoms. The van der Waals surface area contributed by atoms with E-state index < -0.39 is 0 Å². The van der Waals surface area contributed by atoms with E-state index in [0.29, 0.717) is 6.61 Å². The summed E-state index contributed by atoms with van der Waals surface area (Å²) in [7, 11) is 0. The van der Waals surface area contributed by atoms with E-state index in [-0.39, 0.29) is 0 Å². The van der Waals surface area contributed by atoms with Crippen LogP contribution >= 0.6 is 0 Å². The second-order valence-electron chi connectivity index (χ2n) is 3.34. The zero-order chi connectivity index (χ0) is 10.7. The highest BCUT2D eigenvalue weighted by Gasteiger charge is 2.02. The summed E-state index contributed by atoms with van der Waals surface area (Å²) in [6.07, 6.45) is 3.63. The van der Waals surface area contributed by atoms with Crippen molar-refractivity contribution in [2.75, 3.05) is 6.61 Å². The Bertz CT molecular complexity index is 448. The topological polar surface area (TPSA) is 27.1 Å². The molecule has 0 aliphatic rings. The molecule has 1 aromatic carbocycles. The fourth-order valence-corrected chi connectivity index (χ4v) is 1.50. The van der Waals surface area contributed by atoms with Gasteiger partial charge < -0.3 is 4.74 Å². The molecule has 0 bridgehead atoms. The van der Waals surface area contributed by atoms with Gasteiger partial charge in [0.05, 0.1) is 24.7 Å². The second kappa shape index (κ2) is 4.17. The van der Waals surface area contributed by atoms with Crippen molar-refractivity contribution >= 4 is 0 Å². The molecule has 2 rings (SSSR count). The molecule has 0 N–H and O–H groups in total. The molecule has 0 saturated carbocycles. The molecule has 0 atom stereocenters. The summed E-state index contributed by atoms with van der Waals surface area (Å²) in [5.74, 6) is 0.806. The third-order valence-corrected chi connectivity index (χ3v) is 2.23. The molecule has 0 unspecified atom stereocenters. The van der Waals surface area contributed by atoms with Gasteiger partial charge in [0.2, 0.25) is 0 Å². The molecule has 3 nitrogen and oxygen atoms in total. The summed E-state index contributed by atoms with van der Waals surface area (Å²) in [5, 5.41) is 4.26. The number of aryl methyl sites for hydroxylation is 1. The molecule has 0 aliphatic heterocycles. The van der Waals surface area contributed by atoms with E-state index in [0.717, 1.165) is 11.4 Å². The van der Waals surface area contributed by atoms with Gasteiger partial charge in [-0.15, -0.1) is 0 Å². The molecule has 78 valence electrons. The lowest BCUT2D eigenvalue weighted by Gasteiger charge is -2.04. The highest BCUT2D eigenvalue weighted by Crippen LogP contribution is 2.16. The van der Waals surface area contributed by atoms with E-state index >= 15 is 0 Å². The number of rotatable bonds is 3. The normalized spacial score (nSPS) is 10.3. The van der Waals surface area contributed by atoms with Crippen LogP contribution in [0.4, 0.5) is 0 Å². The molecule has 1 heterocycles. The van der Waals surface area contributed by atoms with Gasteiger partial charge in [0, 0.05) is 0 Å². The van der Waals surface area contributed by atoms with E-state index in [1.807, 2.05) is 36.0 Å². The van der Waals surface area contributed by atoms with Crippen molar-refractivity contribution in [1.29, 1.82) is 0 Å². The minimum atomic E-state index is 0.666. The van der Waals surface area contributed by atoms with Gasteiger partial charge in [-0.25, -0.2) is 4.68 Å². The van der Waals surface area contributed by atoms with Gasteiger partial charge in [0.15, 0.2) is 5.75 Å². The van der Waals surface area contributed by atoms with Crippen molar-refractivity contribution in [2.45, 2.75) is 13.8 Å². The van der Waals surface area contributed by atoms with Gasteiger partial charge in [0.25, 0.3) is 0 Å². The first kappa shape index (κ1) is 9.77. The van der Waals surface area contributed by atoms with E-state index in [2.05, 4.69) is 18.1 Å². The Morgan fingerprint density at radius 3 is 2.87 bits per heavy atom. The average Bonchev–Trinajstić information content (AvgIpc) is 2.68. The third kappa shape index (κ3) is 2.01. The largest absolute Gasteiger partial charge is 0.491 e. The molecular weight excluding hydrogens is 188 g/mol. The van der Waals surface area contributed by atoms with Crippen LogP contribution in [0.15, 0.2) is 36.7 Å². The monoisotopic (exact) mass is 202 g/mol. The Morgan fingerprint density at radius 1 is 1.33 bits per heavy atom. The molecule has 0 amide bonds. The maximum Gasteiger partial charge on any atom is 0.157 e. The van der Waals surface area contributed by atoms with Gasteiger partial charge in [-0.2, -0.15) is 5.10 Å². The number of aromatic nitrogens is 2. The van der Waals surface area contributed by atoms with E-state index in [4.69, 9.17) is 4.74 Å². The van der Waals surface area contributed by atoms with Crippen LogP contribution in [0.5, 0.6) is 5.75 Å². The average molecular weight is 202 g/mol. The summed E-state index contributed by atoms with van der Waals surface area (Å²) in [5.41, 5.74) is 2.28. The Morgan fingerprint density at radius 2 is 2.13 bits per heavy atom. The van der Waals surface area contributed by atoms with Crippen LogP contribution in [0.2, 0.25) is 0 Å². The van der Waals surface area contributed by atoms with Crippen molar-refractivity contribution in [2.24, 2.45) is 0 Å². The van der Waals surface area contributed by atoms with Crippen molar-refractivity contribution < 1.29 is 4.74 Å². The predicted octanol–water partition coefficient (Wildman–Crippen LogP) is 2.58. The highest BCUT2D eigenvalue weighted by molar-refractivity contribution is 5.40. The lowest BCUT2D eigenvalue weighted by molar-refractivity contribution is 0.340. The first-order valence-corrected chi connectivity index (χ1v) is 5.04. The zero-order valence-electron chi connectivity index (χ0n) is 8.97. The zero-order valence-corrected chi connectivity index (χ0v) is 8.97. The second-order valence-corrected chi connectivity index (χ2v) is 3.34. The van der Waals surface area contributed by atoms with Crippen LogP contribution in [0, 0.1) is 6.92 Å². The number of hydrogen-bond acceptors (Lipinski definition) is 2. The van der Waals surface area contributed by atoms with Crippen molar-refractivity contribution in [3.63, 3.8) is 0 Å². The fourth-order valence-electron chi connectivity index (χ4n) is 1.50. The molecule has 0 radical (unpaired) electrons. The number of ether oxygens (including phenoxy) is 1. The SMILES string of the molecule is CCOc1cnn(-c2ccccc2C)c1. The number of para-hydroxylation sites is 1. The van der Waals surface area contributed by atoms with Gasteiger partial charge in [0.1, 0.15) is 0 Å². The quantitative estimate of drug-likeness (QED) is 0.764. The first-order valence-electron chi connectivity index (χ1n) is 5.04. The molecule has 1 aromatic heterocycles. The molecule has 15 heavy (non-hydrogen) atoms. The van der Waals surface area contributed by atoms with Crippen molar-refractivity contribution in [1.82, 2.24) is 9.78 Å². The Kier molecular flexibility index (Phi) is 2.72. The van der Waals surface area contributed by atoms with Crippen LogP contribution in [0.1, 0.15) is 12.5 Å². The Balaban J connectivity index is 2.33. The van der Waals surface area contributed by atoms with Crippen molar-refractivity contribution in [3.8, 4) is 11.4 Å². The molecule has 0 aliphatic carbocycles. The van der Waals surface area contributed by atoms with Crippen LogP contribution in [0.25, 0.3) is 5.69 Å². The Hall–Kier alpha value is -1.77. The van der Waals surface area contributed by atoms with Crippen LogP contribution in [-0.4, -0.2) is 16.4 Å². The summed E-state index contributed by atoms with van der Waals surface area (Å²) in [6, 6.07) is 8.13. The predicted molar refractivity (Wildman–Crippen MR) is 59.5 cm³/mol. The maximum absolute atomic E-state index is 5.36. The number of benzene rings is 1. The molecule has 2 aromatic rings. The maximum atomic E-state index is 5.36. The minimum absolute atomic E-state index is 0.666. The van der Waals surface area contributed by atoms with Gasteiger partial charge in [-0.05, 0) is 25.5 Å². The fraction of sp³-hybridized carbons (Fsp3) is 0.250.